The zero-order valence-corrected chi connectivity index (χ0v) is 13.1. The van der Waals surface area contributed by atoms with Crippen molar-refractivity contribution in [2.75, 3.05) is 46.2 Å². The Morgan fingerprint density at radius 2 is 1.58 bits per heavy atom. The van der Waals surface area contributed by atoms with Crippen LogP contribution in [0.4, 0.5) is 5.69 Å². The lowest BCUT2D eigenvalue weighted by Gasteiger charge is -2.13. The molecule has 1 aromatic rings. The first kappa shape index (κ1) is 17.6. The van der Waals surface area contributed by atoms with E-state index in [9.17, 15) is 0 Å². The van der Waals surface area contributed by atoms with Crippen LogP contribution >= 0.6 is 0 Å². The van der Waals surface area contributed by atoms with Crippen LogP contribution in [0.1, 0.15) is 20.8 Å². The predicted molar refractivity (Wildman–Crippen MR) is 82.6 cm³/mol. The molecule has 0 saturated heterocycles. The molecule has 0 aromatic heterocycles. The van der Waals surface area contributed by atoms with Crippen molar-refractivity contribution in [3.05, 3.63) is 18.2 Å². The second-order valence-electron chi connectivity index (χ2n) is 3.94. The molecule has 0 aliphatic rings. The Labute approximate surface area is 117 Å². The van der Waals surface area contributed by atoms with Gasteiger partial charge in [0.2, 0.25) is 0 Å². The lowest BCUT2D eigenvalue weighted by Crippen LogP contribution is -2.21. The van der Waals surface area contributed by atoms with Crippen molar-refractivity contribution >= 4 is 5.69 Å². The molecule has 0 aliphatic carbocycles. The quantitative estimate of drug-likeness (QED) is 0.859. The van der Waals surface area contributed by atoms with Crippen molar-refractivity contribution < 1.29 is 9.47 Å². The van der Waals surface area contributed by atoms with Gasteiger partial charge in [-0.1, -0.05) is 20.8 Å². The average Bonchev–Trinajstić information content (AvgIpc) is 2.48. The van der Waals surface area contributed by atoms with Gasteiger partial charge < -0.3 is 19.7 Å². The number of hydrogen-bond acceptors (Lipinski definition) is 4. The fourth-order valence-corrected chi connectivity index (χ4v) is 1.68. The van der Waals surface area contributed by atoms with E-state index in [0.717, 1.165) is 17.2 Å². The molecule has 0 radical (unpaired) electrons. The summed E-state index contributed by atoms with van der Waals surface area (Å²) in [6, 6.07) is 5.64. The summed E-state index contributed by atoms with van der Waals surface area (Å²) in [7, 11) is 5.12. The van der Waals surface area contributed by atoms with Crippen LogP contribution in [0.2, 0.25) is 0 Å². The SMILES string of the molecule is CCN(CC)CC.CNc1ccc(OC)cc1OC. The third-order valence-electron chi connectivity index (χ3n) is 3.02. The topological polar surface area (TPSA) is 33.7 Å². The maximum absolute atomic E-state index is 5.14. The average molecular weight is 268 g/mol. The minimum absolute atomic E-state index is 0.789. The highest BCUT2D eigenvalue weighted by atomic mass is 16.5. The highest BCUT2D eigenvalue weighted by Gasteiger charge is 2.01. The first-order valence-electron chi connectivity index (χ1n) is 6.78. The first-order valence-corrected chi connectivity index (χ1v) is 6.78. The Kier molecular flexibility index (Phi) is 9.71. The second-order valence-corrected chi connectivity index (χ2v) is 3.94. The third kappa shape index (κ3) is 6.34. The van der Waals surface area contributed by atoms with E-state index >= 15 is 0 Å². The number of nitrogens with one attached hydrogen (secondary N) is 1. The second kappa shape index (κ2) is 10.5. The molecule has 1 rings (SSSR count). The van der Waals surface area contributed by atoms with Crippen molar-refractivity contribution in [3.63, 3.8) is 0 Å². The number of rotatable bonds is 6. The molecule has 0 bridgehead atoms. The molecule has 4 heteroatoms. The van der Waals surface area contributed by atoms with Crippen LogP contribution in [0.5, 0.6) is 11.5 Å². The molecule has 1 aromatic carbocycles. The molecule has 0 saturated carbocycles. The molecule has 4 nitrogen and oxygen atoms in total. The smallest absolute Gasteiger partial charge is 0.145 e. The number of hydrogen-bond donors (Lipinski definition) is 1. The monoisotopic (exact) mass is 268 g/mol. The van der Waals surface area contributed by atoms with Crippen LogP contribution in [0.15, 0.2) is 18.2 Å². The van der Waals surface area contributed by atoms with Crippen molar-refractivity contribution in [2.24, 2.45) is 0 Å². The summed E-state index contributed by atoms with van der Waals surface area (Å²) in [4.78, 5) is 2.38. The van der Waals surface area contributed by atoms with Crippen molar-refractivity contribution in [1.82, 2.24) is 4.90 Å². The van der Waals surface area contributed by atoms with Crippen molar-refractivity contribution in [2.45, 2.75) is 20.8 Å². The molecule has 0 heterocycles. The zero-order valence-electron chi connectivity index (χ0n) is 13.1. The fourth-order valence-electron chi connectivity index (χ4n) is 1.68. The van der Waals surface area contributed by atoms with Gasteiger partial charge in [0.05, 0.1) is 19.9 Å². The van der Waals surface area contributed by atoms with E-state index in [-0.39, 0.29) is 0 Å². The fraction of sp³-hybridized carbons (Fsp3) is 0.600. The molecule has 0 aliphatic heterocycles. The highest BCUT2D eigenvalue weighted by molar-refractivity contribution is 5.58. The molecule has 0 unspecified atom stereocenters. The molecule has 0 amide bonds. The number of benzene rings is 1. The van der Waals surface area contributed by atoms with Crippen molar-refractivity contribution in [1.29, 1.82) is 0 Å². The lowest BCUT2D eigenvalue weighted by atomic mass is 10.3. The van der Waals surface area contributed by atoms with Gasteiger partial charge in [-0.05, 0) is 31.8 Å². The van der Waals surface area contributed by atoms with Crippen LogP contribution in [0.25, 0.3) is 0 Å². The molecule has 0 atom stereocenters. The van der Waals surface area contributed by atoms with E-state index in [4.69, 9.17) is 9.47 Å². The Hall–Kier alpha value is -1.42. The molecule has 110 valence electrons. The summed E-state index contributed by atoms with van der Waals surface area (Å²) in [5.74, 6) is 1.59. The zero-order chi connectivity index (χ0) is 14.7. The minimum atomic E-state index is 0.789. The van der Waals surface area contributed by atoms with E-state index in [2.05, 4.69) is 31.0 Å². The predicted octanol–water partition coefficient (Wildman–Crippen LogP) is 3.09. The van der Waals surface area contributed by atoms with Gasteiger partial charge in [-0.15, -0.1) is 0 Å². The normalized spacial score (nSPS) is 9.63. The maximum atomic E-state index is 5.14. The Morgan fingerprint density at radius 1 is 1.00 bits per heavy atom. The minimum Gasteiger partial charge on any atom is -0.497 e. The van der Waals surface area contributed by atoms with Gasteiger partial charge in [0, 0.05) is 13.1 Å². The van der Waals surface area contributed by atoms with Gasteiger partial charge in [0.25, 0.3) is 0 Å². The van der Waals surface area contributed by atoms with Gasteiger partial charge in [0.15, 0.2) is 0 Å². The van der Waals surface area contributed by atoms with E-state index in [1.54, 1.807) is 14.2 Å². The number of anilines is 1. The Bertz CT molecular complexity index is 333. The van der Waals surface area contributed by atoms with E-state index in [0.29, 0.717) is 0 Å². The molecule has 19 heavy (non-hydrogen) atoms. The van der Waals surface area contributed by atoms with Gasteiger partial charge >= 0.3 is 0 Å². The number of methoxy groups -OCH3 is 2. The third-order valence-corrected chi connectivity index (χ3v) is 3.02. The highest BCUT2D eigenvalue weighted by Crippen LogP contribution is 2.28. The lowest BCUT2D eigenvalue weighted by molar-refractivity contribution is 0.321. The van der Waals surface area contributed by atoms with Crippen LogP contribution in [0, 0.1) is 0 Å². The molecular weight excluding hydrogens is 240 g/mol. The molecular formula is C15H28N2O2. The molecule has 1 N–H and O–H groups in total. The van der Waals surface area contributed by atoms with Gasteiger partial charge in [-0.25, -0.2) is 0 Å². The van der Waals surface area contributed by atoms with Crippen LogP contribution < -0.4 is 14.8 Å². The van der Waals surface area contributed by atoms with E-state index in [1.165, 1.54) is 19.6 Å². The summed E-state index contributed by atoms with van der Waals surface area (Å²) in [5, 5.41) is 3.02. The Morgan fingerprint density at radius 3 is 1.89 bits per heavy atom. The van der Waals surface area contributed by atoms with Gasteiger partial charge in [-0.3, -0.25) is 0 Å². The summed E-state index contributed by atoms with van der Waals surface area (Å²) in [6.07, 6.45) is 0. The van der Waals surface area contributed by atoms with E-state index in [1.807, 2.05) is 25.2 Å². The summed E-state index contributed by atoms with van der Waals surface area (Å²) < 4.78 is 10.2. The summed E-state index contributed by atoms with van der Waals surface area (Å²) >= 11 is 0. The standard InChI is InChI=1S/C9H13NO2.C6H15N/c1-10-8-5-4-7(11-2)6-9(8)12-3;1-4-7(5-2)6-3/h4-6,10H,1-3H3;4-6H2,1-3H3. The van der Waals surface area contributed by atoms with Crippen LogP contribution in [-0.2, 0) is 0 Å². The summed E-state index contributed by atoms with van der Waals surface area (Å²) in [6.45, 7) is 10.1. The van der Waals surface area contributed by atoms with Crippen LogP contribution in [-0.4, -0.2) is 45.8 Å². The first-order chi connectivity index (χ1) is 9.16. The van der Waals surface area contributed by atoms with Gasteiger partial charge in [0.1, 0.15) is 11.5 Å². The number of nitrogens with zero attached hydrogens (tertiary/aromatic N) is 1. The van der Waals surface area contributed by atoms with Gasteiger partial charge in [-0.2, -0.15) is 0 Å². The summed E-state index contributed by atoms with van der Waals surface area (Å²) in [5.41, 5.74) is 0.957. The Balaban J connectivity index is 0.000000399. The van der Waals surface area contributed by atoms with Crippen molar-refractivity contribution in [3.8, 4) is 11.5 Å². The number of ether oxygens (including phenoxy) is 2. The molecule has 0 spiro atoms. The van der Waals surface area contributed by atoms with E-state index < -0.39 is 0 Å². The largest absolute Gasteiger partial charge is 0.497 e. The maximum Gasteiger partial charge on any atom is 0.145 e. The molecule has 0 fully saturated rings. The van der Waals surface area contributed by atoms with Crippen LogP contribution in [0.3, 0.4) is 0 Å².